The van der Waals surface area contributed by atoms with Gasteiger partial charge < -0.3 is 19.8 Å². The molecule has 2 aromatic carbocycles. The summed E-state index contributed by atoms with van der Waals surface area (Å²) >= 11 is 0. The van der Waals surface area contributed by atoms with Crippen LogP contribution in [0.5, 0.6) is 5.75 Å². The molecule has 0 aliphatic carbocycles. The number of hydrogen-bond acceptors (Lipinski definition) is 6. The lowest BCUT2D eigenvalue weighted by Crippen LogP contribution is -2.45. The fourth-order valence-electron chi connectivity index (χ4n) is 4.76. The third kappa shape index (κ3) is 4.70. The maximum absolute atomic E-state index is 12.9. The first-order valence-electron chi connectivity index (χ1n) is 11.9. The number of aliphatic hydroxyl groups is 1. The van der Waals surface area contributed by atoms with E-state index in [0.717, 1.165) is 0 Å². The van der Waals surface area contributed by atoms with Crippen LogP contribution in [-0.2, 0) is 19.2 Å². The van der Waals surface area contributed by atoms with E-state index in [0.29, 0.717) is 27.6 Å². The zero-order valence-electron chi connectivity index (χ0n) is 20.4. The average molecular weight is 526 g/mol. The number of benzene rings is 2. The van der Waals surface area contributed by atoms with Crippen LogP contribution in [0.2, 0.25) is 0 Å². The number of halogens is 2. The molecular formula is C26H25F2N5O5. The molecule has 0 atom stereocenters. The SMILES string of the molecule is Cn1c(=O)c2ccc(-c3cnc(C4(O)CCN(C(=O)O)CC4)nc3)cc2n1Cc1ccccc1OC(F)F. The van der Waals surface area contributed by atoms with E-state index in [1.807, 2.05) is 0 Å². The molecule has 38 heavy (non-hydrogen) atoms. The van der Waals surface area contributed by atoms with Crippen molar-refractivity contribution in [2.24, 2.45) is 7.05 Å². The van der Waals surface area contributed by atoms with E-state index in [1.165, 1.54) is 15.6 Å². The average Bonchev–Trinajstić information content (AvgIpc) is 3.14. The van der Waals surface area contributed by atoms with Crippen molar-refractivity contribution in [2.75, 3.05) is 13.1 Å². The number of nitrogens with zero attached hydrogens (tertiary/aromatic N) is 5. The lowest BCUT2D eigenvalue weighted by molar-refractivity contribution is -0.0505. The molecule has 1 saturated heterocycles. The maximum Gasteiger partial charge on any atom is 0.407 e. The van der Waals surface area contributed by atoms with Crippen molar-refractivity contribution in [1.82, 2.24) is 24.2 Å². The summed E-state index contributed by atoms with van der Waals surface area (Å²) in [4.78, 5) is 34.0. The fraction of sp³-hybridized carbons (Fsp3) is 0.308. The third-order valence-electron chi connectivity index (χ3n) is 6.93. The second-order valence-corrected chi connectivity index (χ2v) is 9.20. The van der Waals surface area contributed by atoms with E-state index in [4.69, 9.17) is 5.11 Å². The lowest BCUT2D eigenvalue weighted by Gasteiger charge is -2.35. The maximum atomic E-state index is 12.9. The molecule has 2 aromatic heterocycles. The Bertz CT molecular complexity index is 1540. The number of hydrogen-bond donors (Lipinski definition) is 2. The molecule has 0 unspecified atom stereocenters. The number of fused-ring (bicyclic) bond motifs is 1. The summed E-state index contributed by atoms with van der Waals surface area (Å²) in [6.45, 7) is -2.48. The molecule has 10 nitrogen and oxygen atoms in total. The minimum absolute atomic E-state index is 0.0315. The van der Waals surface area contributed by atoms with Crippen molar-refractivity contribution in [3.8, 4) is 16.9 Å². The van der Waals surface area contributed by atoms with Gasteiger partial charge in [0, 0.05) is 56.5 Å². The zero-order valence-corrected chi connectivity index (χ0v) is 20.4. The Morgan fingerprint density at radius 2 is 1.79 bits per heavy atom. The number of carbonyl (C=O) groups is 1. The van der Waals surface area contributed by atoms with Crippen molar-refractivity contribution in [1.29, 1.82) is 0 Å². The Labute approximate surface area is 215 Å². The van der Waals surface area contributed by atoms with Gasteiger partial charge in [0.2, 0.25) is 0 Å². The second-order valence-electron chi connectivity index (χ2n) is 9.20. The van der Waals surface area contributed by atoms with Gasteiger partial charge >= 0.3 is 12.7 Å². The molecule has 0 radical (unpaired) electrons. The summed E-state index contributed by atoms with van der Waals surface area (Å²) in [6, 6.07) is 11.7. The quantitative estimate of drug-likeness (QED) is 0.396. The Hall–Kier alpha value is -4.32. The molecule has 2 N–H and O–H groups in total. The van der Waals surface area contributed by atoms with Crippen molar-refractivity contribution in [3.63, 3.8) is 0 Å². The van der Waals surface area contributed by atoms with Crippen LogP contribution >= 0.6 is 0 Å². The first-order valence-corrected chi connectivity index (χ1v) is 11.9. The predicted molar refractivity (Wildman–Crippen MR) is 133 cm³/mol. The van der Waals surface area contributed by atoms with Crippen molar-refractivity contribution >= 4 is 17.0 Å². The van der Waals surface area contributed by atoms with E-state index in [-0.39, 0.29) is 49.6 Å². The number of aromatic nitrogens is 4. The second kappa shape index (κ2) is 9.86. The Morgan fingerprint density at radius 1 is 1.11 bits per heavy atom. The van der Waals surface area contributed by atoms with Gasteiger partial charge in [0.05, 0.1) is 17.4 Å². The molecule has 12 heteroatoms. The number of rotatable bonds is 6. The first kappa shape index (κ1) is 25.3. The minimum atomic E-state index is -2.97. The van der Waals surface area contributed by atoms with Crippen LogP contribution in [0, 0.1) is 0 Å². The van der Waals surface area contributed by atoms with Gasteiger partial charge in [-0.2, -0.15) is 8.78 Å². The topological polar surface area (TPSA) is 123 Å². The number of alkyl halides is 2. The minimum Gasteiger partial charge on any atom is -0.465 e. The first-order chi connectivity index (χ1) is 18.2. The van der Waals surface area contributed by atoms with Gasteiger partial charge in [-0.05, 0) is 23.8 Å². The Balaban J connectivity index is 1.46. The highest BCUT2D eigenvalue weighted by Crippen LogP contribution is 2.32. The summed E-state index contributed by atoms with van der Waals surface area (Å²) < 4.78 is 33.6. The molecule has 1 aliphatic rings. The summed E-state index contributed by atoms with van der Waals surface area (Å²) in [5, 5.41) is 20.6. The molecule has 3 heterocycles. The molecule has 1 aliphatic heterocycles. The van der Waals surface area contributed by atoms with Crippen molar-refractivity contribution in [3.05, 3.63) is 76.6 Å². The van der Waals surface area contributed by atoms with E-state index in [2.05, 4.69) is 14.7 Å². The van der Waals surface area contributed by atoms with Crippen LogP contribution in [-0.4, -0.2) is 60.2 Å². The van der Waals surface area contributed by atoms with Crippen LogP contribution in [0.15, 0.2) is 59.7 Å². The summed E-state index contributed by atoms with van der Waals surface area (Å²) in [7, 11) is 1.60. The number of piperidine rings is 1. The highest BCUT2D eigenvalue weighted by atomic mass is 19.3. The Morgan fingerprint density at radius 3 is 2.45 bits per heavy atom. The van der Waals surface area contributed by atoms with Crippen LogP contribution < -0.4 is 10.3 Å². The molecule has 1 amide bonds. The number of likely N-dealkylation sites (tertiary alicyclic amines) is 1. The van der Waals surface area contributed by atoms with Crippen molar-refractivity contribution in [2.45, 2.75) is 31.6 Å². The summed E-state index contributed by atoms with van der Waals surface area (Å²) in [5.41, 5.74) is 0.883. The van der Waals surface area contributed by atoms with Crippen LogP contribution in [0.3, 0.4) is 0 Å². The monoisotopic (exact) mass is 525 g/mol. The molecule has 1 fully saturated rings. The van der Waals surface area contributed by atoms with Crippen LogP contribution in [0.25, 0.3) is 22.0 Å². The molecule has 5 rings (SSSR count). The summed E-state index contributed by atoms with van der Waals surface area (Å²) in [5.74, 6) is 0.253. The normalized spacial score (nSPS) is 15.2. The molecule has 198 valence electrons. The number of amides is 1. The molecule has 4 aromatic rings. The van der Waals surface area contributed by atoms with E-state index < -0.39 is 18.3 Å². The largest absolute Gasteiger partial charge is 0.465 e. The van der Waals surface area contributed by atoms with Gasteiger partial charge in [0.25, 0.3) is 5.56 Å². The van der Waals surface area contributed by atoms with E-state index in [1.54, 1.807) is 60.5 Å². The Kier molecular flexibility index (Phi) is 6.57. The highest BCUT2D eigenvalue weighted by molar-refractivity contribution is 5.84. The van der Waals surface area contributed by atoms with Crippen LogP contribution in [0.4, 0.5) is 13.6 Å². The summed E-state index contributed by atoms with van der Waals surface area (Å²) in [6.07, 6.45) is 2.50. The molecule has 0 spiro atoms. The zero-order chi connectivity index (χ0) is 27.0. The number of carboxylic acid groups (broad SMARTS) is 1. The highest BCUT2D eigenvalue weighted by Gasteiger charge is 2.37. The standard InChI is InChI=1S/C26H25F2N5O5/c1-31-22(34)19-7-6-16(12-20(19)33(31)15-17-4-2-3-5-21(17)38-24(27)28)18-13-29-23(30-14-18)26(37)8-10-32(11-9-26)25(35)36/h2-7,12-14,24,37H,8-11,15H2,1H3,(H,35,36). The molecular weight excluding hydrogens is 500 g/mol. The number of ether oxygens (including phenoxy) is 1. The van der Waals surface area contributed by atoms with Gasteiger partial charge in [-0.15, -0.1) is 0 Å². The van der Waals surface area contributed by atoms with Crippen molar-refractivity contribution < 1.29 is 28.5 Å². The fourth-order valence-corrected chi connectivity index (χ4v) is 4.76. The van der Waals surface area contributed by atoms with Gasteiger partial charge in [0.15, 0.2) is 5.82 Å². The molecule has 0 bridgehead atoms. The van der Waals surface area contributed by atoms with Crippen LogP contribution in [0.1, 0.15) is 24.2 Å². The molecule has 0 saturated carbocycles. The lowest BCUT2D eigenvalue weighted by atomic mass is 9.90. The van der Waals surface area contributed by atoms with E-state index in [9.17, 15) is 23.5 Å². The van der Waals surface area contributed by atoms with Gasteiger partial charge in [-0.3, -0.25) is 14.2 Å². The third-order valence-corrected chi connectivity index (χ3v) is 6.93. The smallest absolute Gasteiger partial charge is 0.407 e. The van der Waals surface area contributed by atoms with Gasteiger partial charge in [0.1, 0.15) is 11.4 Å². The predicted octanol–water partition coefficient (Wildman–Crippen LogP) is 3.41. The van der Waals surface area contributed by atoms with E-state index >= 15 is 0 Å². The number of para-hydroxylation sites is 1. The van der Waals surface area contributed by atoms with Gasteiger partial charge in [-0.25, -0.2) is 14.8 Å². The van der Waals surface area contributed by atoms with Gasteiger partial charge in [-0.1, -0.05) is 24.3 Å².